The van der Waals surface area contributed by atoms with Crippen LogP contribution >= 0.6 is 0 Å². The molecule has 0 radical (unpaired) electrons. The summed E-state index contributed by atoms with van der Waals surface area (Å²) in [5, 5.41) is 0. The van der Waals surface area contributed by atoms with E-state index in [2.05, 4.69) is 6.92 Å². The van der Waals surface area contributed by atoms with Crippen LogP contribution < -0.4 is 0 Å². The Kier molecular flexibility index (Phi) is 13.8. The number of methoxy groups -OCH3 is 1. The van der Waals surface area contributed by atoms with Crippen molar-refractivity contribution in [3.8, 4) is 0 Å². The Morgan fingerprint density at radius 3 is 1.92 bits per heavy atom. The maximum atomic E-state index is 12.1. The van der Waals surface area contributed by atoms with Gasteiger partial charge in [-0.05, 0) is 19.3 Å². The van der Waals surface area contributed by atoms with E-state index < -0.39 is 0 Å². The first-order valence-corrected chi connectivity index (χ1v) is 9.39. The van der Waals surface area contributed by atoms with Crippen molar-refractivity contribution in [2.45, 2.75) is 38.6 Å². The number of carbonyl (C=O) groups excluding carboxylic acids is 1. The largest absolute Gasteiger partial charge is 0.382 e. The van der Waals surface area contributed by atoms with E-state index in [0.717, 1.165) is 25.8 Å². The zero-order chi connectivity index (χ0) is 18.2. The second kappa shape index (κ2) is 15.5. The molecule has 1 aliphatic rings. The maximum absolute atomic E-state index is 12.1. The van der Waals surface area contributed by atoms with Crippen molar-refractivity contribution in [2.24, 2.45) is 0 Å². The van der Waals surface area contributed by atoms with E-state index in [9.17, 15) is 4.79 Å². The van der Waals surface area contributed by atoms with Crippen molar-refractivity contribution in [2.75, 3.05) is 73.1 Å². The Hall–Kier alpha value is -0.730. The zero-order valence-electron chi connectivity index (χ0n) is 15.9. The van der Waals surface area contributed by atoms with Gasteiger partial charge < -0.3 is 28.6 Å². The van der Waals surface area contributed by atoms with Crippen LogP contribution in [0.25, 0.3) is 0 Å². The number of hydrogen-bond donors (Lipinski definition) is 0. The van der Waals surface area contributed by atoms with Crippen molar-refractivity contribution in [3.63, 3.8) is 0 Å². The Labute approximate surface area is 151 Å². The molecule has 1 rings (SSSR count). The van der Waals surface area contributed by atoms with Crippen LogP contribution in [0, 0.1) is 0 Å². The van der Waals surface area contributed by atoms with Crippen molar-refractivity contribution in [1.82, 2.24) is 4.90 Å². The van der Waals surface area contributed by atoms with Crippen LogP contribution in [0.3, 0.4) is 0 Å². The van der Waals surface area contributed by atoms with Crippen molar-refractivity contribution < 1.29 is 28.5 Å². The molecule has 25 heavy (non-hydrogen) atoms. The fourth-order valence-corrected chi connectivity index (χ4v) is 2.80. The van der Waals surface area contributed by atoms with Gasteiger partial charge in [0.25, 0.3) is 0 Å². The first-order chi connectivity index (χ1) is 12.3. The molecule has 7 heteroatoms. The Bertz CT molecular complexity index is 329. The predicted octanol–water partition coefficient (Wildman–Crippen LogP) is 1.49. The normalized spacial score (nSPS) is 17.4. The number of nitrogens with zero attached hydrogens (tertiary/aromatic N) is 1. The van der Waals surface area contributed by atoms with Crippen LogP contribution in [0.5, 0.6) is 0 Å². The van der Waals surface area contributed by atoms with Crippen LogP contribution in [0.4, 0.5) is 0 Å². The number of rotatable bonds is 16. The third kappa shape index (κ3) is 10.8. The van der Waals surface area contributed by atoms with Gasteiger partial charge in [0, 0.05) is 19.7 Å². The van der Waals surface area contributed by atoms with Gasteiger partial charge in [0.15, 0.2) is 0 Å². The lowest BCUT2D eigenvalue weighted by Gasteiger charge is -2.23. The third-order valence-electron chi connectivity index (χ3n) is 4.18. The minimum atomic E-state index is 0.214. The Morgan fingerprint density at radius 2 is 1.40 bits per heavy atom. The van der Waals surface area contributed by atoms with Gasteiger partial charge in [0.1, 0.15) is 0 Å². The number of carbonyl (C=O) groups is 1. The number of amides is 1. The summed E-state index contributed by atoms with van der Waals surface area (Å²) in [6.45, 7) is 7.92. The fraction of sp³-hybridized carbons (Fsp3) is 0.944. The van der Waals surface area contributed by atoms with Gasteiger partial charge in [-0.2, -0.15) is 0 Å². The number of likely N-dealkylation sites (tertiary alicyclic amines) is 1. The van der Waals surface area contributed by atoms with E-state index in [1.807, 2.05) is 4.90 Å². The average Bonchev–Trinajstić information content (AvgIpc) is 3.10. The van der Waals surface area contributed by atoms with E-state index in [1.54, 1.807) is 7.11 Å². The fourth-order valence-electron chi connectivity index (χ4n) is 2.80. The molecular formula is C18H35NO6. The van der Waals surface area contributed by atoms with Gasteiger partial charge in [0.2, 0.25) is 5.91 Å². The van der Waals surface area contributed by atoms with E-state index in [4.69, 9.17) is 23.7 Å². The molecule has 0 aliphatic carbocycles. The smallest absolute Gasteiger partial charge is 0.225 e. The molecule has 1 heterocycles. The summed E-state index contributed by atoms with van der Waals surface area (Å²) in [6, 6.07) is 0.432. The van der Waals surface area contributed by atoms with Gasteiger partial charge in [-0.3, -0.25) is 4.79 Å². The minimum Gasteiger partial charge on any atom is -0.382 e. The standard InChI is InChI=1S/C18H35NO6/c1-3-17-5-4-7-19(17)18(20)6-8-22-11-12-24-15-16-25-14-13-23-10-9-21-2/h17H,3-16H2,1-2H3. The molecule has 0 aromatic rings. The molecular weight excluding hydrogens is 326 g/mol. The Balaban J connectivity index is 1.81. The predicted molar refractivity (Wildman–Crippen MR) is 94.8 cm³/mol. The topological polar surface area (TPSA) is 66.5 Å². The van der Waals surface area contributed by atoms with Gasteiger partial charge in [-0.15, -0.1) is 0 Å². The summed E-state index contributed by atoms with van der Waals surface area (Å²) >= 11 is 0. The summed E-state index contributed by atoms with van der Waals surface area (Å²) in [5.74, 6) is 0.214. The van der Waals surface area contributed by atoms with Gasteiger partial charge in [-0.1, -0.05) is 6.92 Å². The molecule has 0 saturated carbocycles. The van der Waals surface area contributed by atoms with E-state index in [-0.39, 0.29) is 5.91 Å². The zero-order valence-corrected chi connectivity index (χ0v) is 15.9. The van der Waals surface area contributed by atoms with Gasteiger partial charge >= 0.3 is 0 Å². The highest BCUT2D eigenvalue weighted by Crippen LogP contribution is 2.20. The molecule has 0 aromatic carbocycles. The van der Waals surface area contributed by atoms with Crippen molar-refractivity contribution in [3.05, 3.63) is 0 Å². The van der Waals surface area contributed by atoms with Crippen LogP contribution in [0.15, 0.2) is 0 Å². The molecule has 0 bridgehead atoms. The van der Waals surface area contributed by atoms with Crippen LogP contribution in [0.2, 0.25) is 0 Å². The SMILES string of the molecule is CCC1CCCN1C(=O)CCOCCOCCOCCOCCOC. The van der Waals surface area contributed by atoms with Crippen LogP contribution in [-0.4, -0.2) is 90.0 Å². The summed E-state index contributed by atoms with van der Waals surface area (Å²) in [4.78, 5) is 14.1. The lowest BCUT2D eigenvalue weighted by molar-refractivity contribution is -0.133. The molecule has 1 fully saturated rings. The highest BCUT2D eigenvalue weighted by Gasteiger charge is 2.26. The molecule has 1 saturated heterocycles. The van der Waals surface area contributed by atoms with Crippen LogP contribution in [-0.2, 0) is 28.5 Å². The average molecular weight is 361 g/mol. The minimum absolute atomic E-state index is 0.214. The van der Waals surface area contributed by atoms with E-state index >= 15 is 0 Å². The molecule has 0 aromatic heterocycles. The molecule has 0 spiro atoms. The van der Waals surface area contributed by atoms with Crippen LogP contribution in [0.1, 0.15) is 32.6 Å². The summed E-state index contributed by atoms with van der Waals surface area (Å²) in [5.41, 5.74) is 0. The highest BCUT2D eigenvalue weighted by atomic mass is 16.6. The number of hydrogen-bond acceptors (Lipinski definition) is 6. The Morgan fingerprint density at radius 1 is 0.880 bits per heavy atom. The third-order valence-corrected chi connectivity index (χ3v) is 4.18. The summed E-state index contributed by atoms with van der Waals surface area (Å²) in [7, 11) is 1.65. The molecule has 1 amide bonds. The second-order valence-corrected chi connectivity index (χ2v) is 5.98. The lowest BCUT2D eigenvalue weighted by Crippen LogP contribution is -2.35. The highest BCUT2D eigenvalue weighted by molar-refractivity contribution is 5.76. The molecule has 7 nitrogen and oxygen atoms in total. The molecule has 1 aliphatic heterocycles. The van der Waals surface area contributed by atoms with Crippen molar-refractivity contribution in [1.29, 1.82) is 0 Å². The first-order valence-electron chi connectivity index (χ1n) is 9.39. The molecule has 1 atom stereocenters. The summed E-state index contributed by atoms with van der Waals surface area (Å²) in [6.07, 6.45) is 3.77. The summed E-state index contributed by atoms with van der Waals surface area (Å²) < 4.78 is 26.4. The second-order valence-electron chi connectivity index (χ2n) is 5.98. The monoisotopic (exact) mass is 361 g/mol. The van der Waals surface area contributed by atoms with Gasteiger partial charge in [0.05, 0.1) is 65.9 Å². The number of ether oxygens (including phenoxy) is 5. The quantitative estimate of drug-likeness (QED) is 0.388. The molecule has 148 valence electrons. The maximum Gasteiger partial charge on any atom is 0.225 e. The lowest BCUT2D eigenvalue weighted by atomic mass is 10.1. The first kappa shape index (κ1) is 22.3. The van der Waals surface area contributed by atoms with E-state index in [1.165, 1.54) is 0 Å². The molecule has 0 N–H and O–H groups in total. The van der Waals surface area contributed by atoms with E-state index in [0.29, 0.717) is 71.9 Å². The van der Waals surface area contributed by atoms with Crippen molar-refractivity contribution >= 4 is 5.91 Å². The van der Waals surface area contributed by atoms with Gasteiger partial charge in [-0.25, -0.2) is 0 Å². The molecule has 1 unspecified atom stereocenters.